The van der Waals surface area contributed by atoms with Crippen LogP contribution in [0.2, 0.25) is 0 Å². The molecule has 6 heteroatoms. The van der Waals surface area contributed by atoms with Crippen LogP contribution in [-0.4, -0.2) is 31.4 Å². The summed E-state index contributed by atoms with van der Waals surface area (Å²) in [6.07, 6.45) is 2.86. The fourth-order valence-corrected chi connectivity index (χ4v) is 2.50. The van der Waals surface area contributed by atoms with Crippen LogP contribution in [0.4, 0.5) is 0 Å². The Bertz CT molecular complexity index is 438. The van der Waals surface area contributed by atoms with Gasteiger partial charge in [-0.1, -0.05) is 11.8 Å². The molecule has 0 saturated heterocycles. The normalized spacial score (nSPS) is 10.9. The summed E-state index contributed by atoms with van der Waals surface area (Å²) in [6.45, 7) is 0. The molecule has 4 nitrogen and oxygen atoms in total. The van der Waals surface area contributed by atoms with Gasteiger partial charge in [0.05, 0.1) is 5.69 Å². The van der Waals surface area contributed by atoms with Gasteiger partial charge >= 0.3 is 0 Å². The molecule has 0 aliphatic heterocycles. The molecule has 0 amide bonds. The Balaban J connectivity index is 2.12. The number of hydrogen-bond donors (Lipinski definition) is 1. The third kappa shape index (κ3) is 2.41. The van der Waals surface area contributed by atoms with Crippen molar-refractivity contribution in [2.24, 2.45) is 7.05 Å². The van der Waals surface area contributed by atoms with Crippen molar-refractivity contribution in [1.29, 1.82) is 0 Å². The maximum absolute atomic E-state index is 5.63. The molecule has 2 aromatic heterocycles. The summed E-state index contributed by atoms with van der Waals surface area (Å²) in [5.41, 5.74) is 0.985. The zero-order chi connectivity index (χ0) is 11.4. The number of thioether (sulfide) groups is 1. The minimum absolute atomic E-state index is 0.689. The molecule has 0 aliphatic rings. The molecule has 0 unspecified atom stereocenters. The van der Waals surface area contributed by atoms with Crippen molar-refractivity contribution in [2.75, 3.05) is 11.6 Å². The highest BCUT2D eigenvalue weighted by Gasteiger charge is 2.10. The second-order valence-electron chi connectivity index (χ2n) is 3.34. The fourth-order valence-electron chi connectivity index (χ4n) is 1.36. The lowest BCUT2D eigenvalue weighted by Crippen LogP contribution is -1.95. The molecular formula is C10H13ClN4S. The third-order valence-electron chi connectivity index (χ3n) is 2.18. The quantitative estimate of drug-likeness (QED) is 0.508. The first-order valence-corrected chi connectivity index (χ1v) is 6.57. The van der Waals surface area contributed by atoms with Crippen LogP contribution in [0.25, 0.3) is 11.5 Å². The van der Waals surface area contributed by atoms with Crippen LogP contribution in [0.3, 0.4) is 0 Å². The van der Waals surface area contributed by atoms with Crippen LogP contribution >= 0.6 is 23.4 Å². The average molecular weight is 257 g/mol. The SMILES string of the molecule is Cn1c(SCCCCl)nnc1-c1ccc[nH]1. The van der Waals surface area contributed by atoms with Gasteiger partial charge in [-0.05, 0) is 18.6 Å². The standard InChI is InChI=1S/C10H13ClN4S/c1-15-9(8-4-2-6-12-8)13-14-10(15)16-7-3-5-11/h2,4,6,12H,3,5,7H2,1H3. The number of aromatic nitrogens is 4. The smallest absolute Gasteiger partial charge is 0.191 e. The molecule has 0 aliphatic carbocycles. The number of alkyl halides is 1. The average Bonchev–Trinajstić information content (AvgIpc) is 2.89. The Labute approximate surface area is 103 Å². The Morgan fingerprint density at radius 1 is 1.50 bits per heavy atom. The molecule has 0 fully saturated rings. The number of halogens is 1. The van der Waals surface area contributed by atoms with Crippen LogP contribution in [0, 0.1) is 0 Å². The van der Waals surface area contributed by atoms with Crippen molar-refractivity contribution in [2.45, 2.75) is 11.6 Å². The second kappa shape index (κ2) is 5.41. The number of nitrogens with zero attached hydrogens (tertiary/aromatic N) is 3. The molecular weight excluding hydrogens is 244 g/mol. The van der Waals surface area contributed by atoms with E-state index < -0.39 is 0 Å². The summed E-state index contributed by atoms with van der Waals surface area (Å²) < 4.78 is 1.99. The van der Waals surface area contributed by atoms with Gasteiger partial charge in [-0.2, -0.15) is 0 Å². The molecule has 0 spiro atoms. The minimum Gasteiger partial charge on any atom is -0.359 e. The first-order valence-electron chi connectivity index (χ1n) is 5.05. The van der Waals surface area contributed by atoms with Gasteiger partial charge < -0.3 is 9.55 Å². The number of aromatic amines is 1. The largest absolute Gasteiger partial charge is 0.359 e. The van der Waals surface area contributed by atoms with Gasteiger partial charge in [-0.15, -0.1) is 21.8 Å². The predicted octanol–water partition coefficient (Wildman–Crippen LogP) is 2.53. The van der Waals surface area contributed by atoms with E-state index in [-0.39, 0.29) is 0 Å². The van der Waals surface area contributed by atoms with Gasteiger partial charge in [0.1, 0.15) is 0 Å². The second-order valence-corrected chi connectivity index (χ2v) is 4.78. The van der Waals surface area contributed by atoms with Crippen molar-refractivity contribution in [3.8, 4) is 11.5 Å². The number of H-pyrrole nitrogens is 1. The minimum atomic E-state index is 0.689. The highest BCUT2D eigenvalue weighted by molar-refractivity contribution is 7.99. The Kier molecular flexibility index (Phi) is 3.90. The summed E-state index contributed by atoms with van der Waals surface area (Å²) >= 11 is 7.31. The van der Waals surface area contributed by atoms with Crippen LogP contribution in [-0.2, 0) is 7.05 Å². The van der Waals surface area contributed by atoms with E-state index in [0.717, 1.165) is 28.8 Å². The fraction of sp³-hybridized carbons (Fsp3) is 0.400. The van der Waals surface area contributed by atoms with Gasteiger partial charge in [0.2, 0.25) is 0 Å². The molecule has 86 valence electrons. The van der Waals surface area contributed by atoms with E-state index in [0.29, 0.717) is 5.88 Å². The number of hydrogen-bond acceptors (Lipinski definition) is 3. The maximum Gasteiger partial charge on any atom is 0.191 e. The zero-order valence-corrected chi connectivity index (χ0v) is 10.6. The lowest BCUT2D eigenvalue weighted by molar-refractivity contribution is 0.792. The molecule has 2 heterocycles. The van der Waals surface area contributed by atoms with E-state index >= 15 is 0 Å². The highest BCUT2D eigenvalue weighted by atomic mass is 35.5. The van der Waals surface area contributed by atoms with Crippen molar-refractivity contribution >= 4 is 23.4 Å². The molecule has 16 heavy (non-hydrogen) atoms. The first-order chi connectivity index (χ1) is 7.83. The molecule has 2 aromatic rings. The van der Waals surface area contributed by atoms with Gasteiger partial charge in [0.15, 0.2) is 11.0 Å². The summed E-state index contributed by atoms with van der Waals surface area (Å²) in [5.74, 6) is 2.52. The van der Waals surface area contributed by atoms with Crippen molar-refractivity contribution in [3.05, 3.63) is 18.3 Å². The third-order valence-corrected chi connectivity index (χ3v) is 3.56. The first kappa shape index (κ1) is 11.5. The summed E-state index contributed by atoms with van der Waals surface area (Å²) in [7, 11) is 1.97. The summed E-state index contributed by atoms with van der Waals surface area (Å²) in [5, 5.41) is 9.25. The van der Waals surface area contributed by atoms with Crippen LogP contribution < -0.4 is 0 Å². The van der Waals surface area contributed by atoms with Crippen molar-refractivity contribution in [3.63, 3.8) is 0 Å². The zero-order valence-electron chi connectivity index (χ0n) is 8.98. The van der Waals surface area contributed by atoms with Gasteiger partial charge in [0.25, 0.3) is 0 Å². The van der Waals surface area contributed by atoms with E-state index in [2.05, 4.69) is 15.2 Å². The van der Waals surface area contributed by atoms with Crippen molar-refractivity contribution < 1.29 is 0 Å². The Morgan fingerprint density at radius 2 is 2.38 bits per heavy atom. The summed E-state index contributed by atoms with van der Waals surface area (Å²) in [4.78, 5) is 3.12. The maximum atomic E-state index is 5.63. The lowest BCUT2D eigenvalue weighted by atomic mass is 10.4. The molecule has 1 N–H and O–H groups in total. The Hall–Kier alpha value is -0.940. The molecule has 0 radical (unpaired) electrons. The predicted molar refractivity (Wildman–Crippen MR) is 66.9 cm³/mol. The van der Waals surface area contributed by atoms with E-state index in [4.69, 9.17) is 11.6 Å². The van der Waals surface area contributed by atoms with Gasteiger partial charge in [-0.3, -0.25) is 0 Å². The topological polar surface area (TPSA) is 46.5 Å². The Morgan fingerprint density at radius 3 is 3.06 bits per heavy atom. The number of rotatable bonds is 5. The van der Waals surface area contributed by atoms with Gasteiger partial charge in [0, 0.05) is 24.9 Å². The molecule has 0 aromatic carbocycles. The van der Waals surface area contributed by atoms with E-state index in [1.165, 1.54) is 0 Å². The summed E-state index contributed by atoms with van der Waals surface area (Å²) in [6, 6.07) is 3.93. The highest BCUT2D eigenvalue weighted by Crippen LogP contribution is 2.21. The monoisotopic (exact) mass is 256 g/mol. The molecule has 2 rings (SSSR count). The van der Waals surface area contributed by atoms with E-state index in [9.17, 15) is 0 Å². The van der Waals surface area contributed by atoms with Crippen LogP contribution in [0.5, 0.6) is 0 Å². The lowest BCUT2D eigenvalue weighted by Gasteiger charge is -2.01. The van der Waals surface area contributed by atoms with E-state index in [1.807, 2.05) is 29.9 Å². The van der Waals surface area contributed by atoms with E-state index in [1.54, 1.807) is 11.8 Å². The van der Waals surface area contributed by atoms with Gasteiger partial charge in [-0.25, -0.2) is 0 Å². The van der Waals surface area contributed by atoms with Crippen LogP contribution in [0.15, 0.2) is 23.5 Å². The number of nitrogens with one attached hydrogen (secondary N) is 1. The van der Waals surface area contributed by atoms with Crippen LogP contribution in [0.1, 0.15) is 6.42 Å². The molecule has 0 bridgehead atoms. The molecule has 0 saturated carbocycles. The van der Waals surface area contributed by atoms with Crippen molar-refractivity contribution in [1.82, 2.24) is 19.7 Å². The molecule has 0 atom stereocenters.